The summed E-state index contributed by atoms with van der Waals surface area (Å²) >= 11 is 7.30. The number of carboxylic acids is 1. The zero-order chi connectivity index (χ0) is 11.7. The van der Waals surface area contributed by atoms with Crippen LogP contribution in [0.3, 0.4) is 0 Å². The number of carboxylic acid groups (broad SMARTS) is 1. The summed E-state index contributed by atoms with van der Waals surface area (Å²) in [4.78, 5) is 10.8. The summed E-state index contributed by atoms with van der Waals surface area (Å²) in [6, 6.07) is 4.36. The molecule has 86 valence electrons. The molecule has 4 nitrogen and oxygen atoms in total. The molecule has 16 heavy (non-hydrogen) atoms. The third-order valence-corrected chi connectivity index (χ3v) is 3.92. The first-order valence-electron chi connectivity index (χ1n) is 4.67. The van der Waals surface area contributed by atoms with Crippen LogP contribution in [0.2, 0.25) is 5.02 Å². The Morgan fingerprint density at radius 1 is 1.56 bits per heavy atom. The van der Waals surface area contributed by atoms with Crippen LogP contribution in [0.1, 0.15) is 10.9 Å². The van der Waals surface area contributed by atoms with Crippen molar-refractivity contribution in [2.75, 3.05) is 5.75 Å². The Kier molecular flexibility index (Phi) is 3.28. The third kappa shape index (κ3) is 2.26. The molecule has 2 atom stereocenters. The van der Waals surface area contributed by atoms with Crippen LogP contribution in [0.4, 0.5) is 0 Å². The number of carbonyl (C=O) groups is 1. The molecule has 0 saturated carbocycles. The smallest absolute Gasteiger partial charge is 0.321 e. The van der Waals surface area contributed by atoms with Crippen LogP contribution >= 0.6 is 23.4 Å². The standard InChI is InChI=1S/C10H10ClNO3S/c11-6-3-5(1-2-8(6)13)9-12-7(4-16-9)10(14)15/h1-3,7,9,12-13H,4H2,(H,14,15)/t7-,9?/m1/s1. The maximum Gasteiger partial charge on any atom is 0.321 e. The number of halogens is 1. The third-order valence-electron chi connectivity index (χ3n) is 2.35. The monoisotopic (exact) mass is 259 g/mol. The summed E-state index contributed by atoms with van der Waals surface area (Å²) in [5.74, 6) is -0.290. The molecule has 1 heterocycles. The van der Waals surface area contributed by atoms with E-state index >= 15 is 0 Å². The molecule has 3 N–H and O–H groups in total. The van der Waals surface area contributed by atoms with E-state index in [1.807, 2.05) is 0 Å². The molecule has 0 amide bonds. The number of aromatic hydroxyl groups is 1. The molecule has 2 rings (SSSR count). The molecule has 1 unspecified atom stereocenters. The van der Waals surface area contributed by atoms with Crippen LogP contribution in [-0.2, 0) is 4.79 Å². The molecule has 1 aliphatic heterocycles. The van der Waals surface area contributed by atoms with Gasteiger partial charge in [0.25, 0.3) is 0 Å². The van der Waals surface area contributed by atoms with Crippen LogP contribution in [0.5, 0.6) is 5.75 Å². The number of phenolic OH excluding ortho intramolecular Hbond substituents is 1. The van der Waals surface area contributed by atoms with Gasteiger partial charge in [0.05, 0.1) is 10.4 Å². The predicted molar refractivity (Wildman–Crippen MR) is 62.9 cm³/mol. The van der Waals surface area contributed by atoms with Crippen molar-refractivity contribution in [2.24, 2.45) is 0 Å². The summed E-state index contributed by atoms with van der Waals surface area (Å²) in [6.45, 7) is 0. The number of thioether (sulfide) groups is 1. The summed E-state index contributed by atoms with van der Waals surface area (Å²) in [7, 11) is 0. The normalized spacial score (nSPS) is 24.6. The van der Waals surface area contributed by atoms with E-state index in [0.29, 0.717) is 5.75 Å². The van der Waals surface area contributed by atoms with Gasteiger partial charge in [-0.15, -0.1) is 11.8 Å². The first-order valence-corrected chi connectivity index (χ1v) is 6.09. The number of nitrogens with one attached hydrogen (secondary N) is 1. The van der Waals surface area contributed by atoms with Gasteiger partial charge >= 0.3 is 5.97 Å². The first kappa shape index (κ1) is 11.6. The minimum Gasteiger partial charge on any atom is -0.506 e. The van der Waals surface area contributed by atoms with Crippen molar-refractivity contribution in [3.05, 3.63) is 28.8 Å². The number of rotatable bonds is 2. The lowest BCUT2D eigenvalue weighted by atomic mass is 10.2. The molecule has 1 saturated heterocycles. The number of phenols is 1. The molecule has 6 heteroatoms. The van der Waals surface area contributed by atoms with Gasteiger partial charge in [-0.2, -0.15) is 0 Å². The van der Waals surface area contributed by atoms with Crippen LogP contribution in [0.15, 0.2) is 18.2 Å². The minimum absolute atomic E-state index is 0.0307. The second kappa shape index (κ2) is 4.53. The van der Waals surface area contributed by atoms with Crippen molar-refractivity contribution in [3.63, 3.8) is 0 Å². The fraction of sp³-hybridized carbons (Fsp3) is 0.300. The topological polar surface area (TPSA) is 69.6 Å². The summed E-state index contributed by atoms with van der Waals surface area (Å²) in [6.07, 6.45) is 0. The molecule has 0 radical (unpaired) electrons. The SMILES string of the molecule is O=C(O)[C@H]1CSC(c2ccc(O)c(Cl)c2)N1. The quantitative estimate of drug-likeness (QED) is 0.756. The largest absolute Gasteiger partial charge is 0.506 e. The van der Waals surface area contributed by atoms with Gasteiger partial charge < -0.3 is 10.2 Å². The Bertz CT molecular complexity index is 427. The molecular formula is C10H10ClNO3S. The Morgan fingerprint density at radius 3 is 2.88 bits per heavy atom. The molecule has 1 aromatic carbocycles. The van der Waals surface area contributed by atoms with Gasteiger partial charge in [-0.05, 0) is 17.7 Å². The van der Waals surface area contributed by atoms with Crippen molar-refractivity contribution >= 4 is 29.3 Å². The van der Waals surface area contributed by atoms with Gasteiger partial charge in [0.2, 0.25) is 0 Å². The lowest BCUT2D eigenvalue weighted by Crippen LogP contribution is -2.33. The molecule has 1 fully saturated rings. The number of benzene rings is 1. The molecule has 0 bridgehead atoms. The van der Waals surface area contributed by atoms with E-state index in [1.54, 1.807) is 12.1 Å². The van der Waals surface area contributed by atoms with Gasteiger partial charge in [0, 0.05) is 5.75 Å². The van der Waals surface area contributed by atoms with E-state index in [9.17, 15) is 9.90 Å². The lowest BCUT2D eigenvalue weighted by Gasteiger charge is -2.11. The Morgan fingerprint density at radius 2 is 2.31 bits per heavy atom. The molecule has 0 aliphatic carbocycles. The minimum atomic E-state index is -0.847. The fourth-order valence-electron chi connectivity index (χ4n) is 1.49. The zero-order valence-corrected chi connectivity index (χ0v) is 9.76. The number of hydrogen-bond donors (Lipinski definition) is 3. The first-order chi connectivity index (χ1) is 7.58. The highest BCUT2D eigenvalue weighted by Crippen LogP contribution is 2.35. The van der Waals surface area contributed by atoms with Crippen LogP contribution in [0.25, 0.3) is 0 Å². The van der Waals surface area contributed by atoms with Gasteiger partial charge in [-0.1, -0.05) is 17.7 Å². The molecular weight excluding hydrogens is 250 g/mol. The van der Waals surface area contributed by atoms with Gasteiger partial charge in [-0.3, -0.25) is 10.1 Å². The van der Waals surface area contributed by atoms with Gasteiger partial charge in [0.1, 0.15) is 11.8 Å². The van der Waals surface area contributed by atoms with E-state index < -0.39 is 12.0 Å². The van der Waals surface area contributed by atoms with Crippen LogP contribution in [-0.4, -0.2) is 28.0 Å². The molecule has 1 aromatic rings. The Labute approximate surface area is 102 Å². The highest BCUT2D eigenvalue weighted by molar-refractivity contribution is 7.99. The highest BCUT2D eigenvalue weighted by Gasteiger charge is 2.30. The lowest BCUT2D eigenvalue weighted by molar-refractivity contribution is -0.138. The van der Waals surface area contributed by atoms with E-state index in [1.165, 1.54) is 17.8 Å². The van der Waals surface area contributed by atoms with Crippen molar-refractivity contribution < 1.29 is 15.0 Å². The number of aliphatic carboxylic acids is 1. The zero-order valence-electron chi connectivity index (χ0n) is 8.18. The summed E-state index contributed by atoms with van der Waals surface area (Å²) in [5.41, 5.74) is 0.872. The number of hydrogen-bond acceptors (Lipinski definition) is 4. The summed E-state index contributed by atoms with van der Waals surface area (Å²) in [5, 5.41) is 21.3. The predicted octanol–water partition coefficient (Wildman–Crippen LogP) is 1.83. The molecule has 0 aromatic heterocycles. The van der Waals surface area contributed by atoms with Crippen LogP contribution < -0.4 is 5.32 Å². The maximum absolute atomic E-state index is 10.8. The van der Waals surface area contributed by atoms with E-state index in [0.717, 1.165) is 5.56 Å². The summed E-state index contributed by atoms with van der Waals surface area (Å²) < 4.78 is 0. The average molecular weight is 260 g/mol. The Hall–Kier alpha value is -0.910. The van der Waals surface area contributed by atoms with E-state index in [-0.39, 0.29) is 16.1 Å². The average Bonchev–Trinajstić information content (AvgIpc) is 2.71. The maximum atomic E-state index is 10.8. The molecule has 1 aliphatic rings. The van der Waals surface area contributed by atoms with Crippen molar-refractivity contribution in [3.8, 4) is 5.75 Å². The molecule has 0 spiro atoms. The van der Waals surface area contributed by atoms with E-state index in [4.69, 9.17) is 16.7 Å². The van der Waals surface area contributed by atoms with E-state index in [2.05, 4.69) is 5.32 Å². The highest BCUT2D eigenvalue weighted by atomic mass is 35.5. The van der Waals surface area contributed by atoms with Crippen molar-refractivity contribution in [1.29, 1.82) is 0 Å². The Balaban J connectivity index is 2.14. The van der Waals surface area contributed by atoms with Gasteiger partial charge in [0.15, 0.2) is 0 Å². The fourth-order valence-corrected chi connectivity index (χ4v) is 2.90. The second-order valence-electron chi connectivity index (χ2n) is 3.48. The van der Waals surface area contributed by atoms with Gasteiger partial charge in [-0.25, -0.2) is 0 Å². The second-order valence-corrected chi connectivity index (χ2v) is 5.03. The van der Waals surface area contributed by atoms with Crippen molar-refractivity contribution in [1.82, 2.24) is 5.32 Å². The van der Waals surface area contributed by atoms with Crippen molar-refractivity contribution in [2.45, 2.75) is 11.4 Å². The van der Waals surface area contributed by atoms with Crippen LogP contribution in [0, 0.1) is 0 Å².